The highest BCUT2D eigenvalue weighted by molar-refractivity contribution is 5.95. The van der Waals surface area contributed by atoms with Crippen LogP contribution in [-0.2, 0) is 0 Å². The molecule has 2 atom stereocenters. The van der Waals surface area contributed by atoms with Crippen LogP contribution >= 0.6 is 0 Å². The lowest BCUT2D eigenvalue weighted by Crippen LogP contribution is -2.60. The van der Waals surface area contributed by atoms with Crippen LogP contribution in [0.25, 0.3) is 16.3 Å². The summed E-state index contributed by atoms with van der Waals surface area (Å²) in [5.74, 6) is 1.12. The second-order valence-electron chi connectivity index (χ2n) is 6.67. The molecule has 3 heteroatoms. The van der Waals surface area contributed by atoms with E-state index in [2.05, 4.69) is 38.2 Å². The molecule has 108 valence electrons. The first-order valence-electron chi connectivity index (χ1n) is 7.94. The van der Waals surface area contributed by atoms with Crippen LogP contribution in [0.2, 0.25) is 0 Å². The number of aromatic nitrogens is 2. The minimum Gasteiger partial charge on any atom is -0.196 e. The molecule has 21 heavy (non-hydrogen) atoms. The second-order valence-corrected chi connectivity index (χ2v) is 6.67. The summed E-state index contributed by atoms with van der Waals surface area (Å²) in [6.45, 7) is 4.57. The van der Waals surface area contributed by atoms with E-state index in [1.54, 1.807) is 0 Å². The standard InChI is InChI=1S/C18H21N2O/c1-12-5-3-6-13(2)16(12)20-11-15-8-4-7-14-9-10-19(17(14)15)18(20)21/h4,7-13,16H,3,5-6H2,1-2H3/q+1. The number of hydrogen-bond donors (Lipinski definition) is 0. The molecule has 0 spiro atoms. The molecule has 2 aromatic heterocycles. The van der Waals surface area contributed by atoms with Gasteiger partial charge in [0, 0.05) is 5.39 Å². The van der Waals surface area contributed by atoms with Crippen LogP contribution in [0.5, 0.6) is 0 Å². The molecule has 0 bridgehead atoms. The predicted molar refractivity (Wildman–Crippen MR) is 83.8 cm³/mol. The summed E-state index contributed by atoms with van der Waals surface area (Å²) in [4.78, 5) is 12.9. The SMILES string of the molecule is CC1CCCC(C)C1[n+]1cc2cccc3ccn(c1=O)c32. The van der Waals surface area contributed by atoms with Crippen molar-refractivity contribution in [3.8, 4) is 0 Å². The Kier molecular flexibility index (Phi) is 2.78. The highest BCUT2D eigenvalue weighted by Crippen LogP contribution is 2.34. The highest BCUT2D eigenvalue weighted by atomic mass is 16.1. The number of para-hydroxylation sites is 1. The zero-order chi connectivity index (χ0) is 14.6. The van der Waals surface area contributed by atoms with Crippen molar-refractivity contribution < 1.29 is 4.57 Å². The number of rotatable bonds is 1. The summed E-state index contributed by atoms with van der Waals surface area (Å²) in [5.41, 5.74) is 1.16. The maximum absolute atomic E-state index is 12.9. The average molecular weight is 281 g/mol. The van der Waals surface area contributed by atoms with E-state index in [-0.39, 0.29) is 5.69 Å². The van der Waals surface area contributed by atoms with Crippen molar-refractivity contribution in [2.24, 2.45) is 11.8 Å². The Bertz CT molecular complexity index is 841. The molecule has 0 aliphatic heterocycles. The maximum atomic E-state index is 12.9. The lowest BCUT2D eigenvalue weighted by atomic mass is 9.78. The van der Waals surface area contributed by atoms with Crippen molar-refractivity contribution in [1.29, 1.82) is 0 Å². The molecule has 3 aromatic rings. The van der Waals surface area contributed by atoms with Gasteiger partial charge in [-0.25, -0.2) is 0 Å². The van der Waals surface area contributed by atoms with E-state index in [1.807, 2.05) is 21.2 Å². The normalized spacial score (nSPS) is 26.7. The van der Waals surface area contributed by atoms with Gasteiger partial charge in [-0.05, 0) is 36.8 Å². The van der Waals surface area contributed by atoms with Gasteiger partial charge in [0.05, 0.1) is 5.39 Å². The van der Waals surface area contributed by atoms with Crippen molar-refractivity contribution in [2.45, 2.75) is 39.2 Å². The third-order valence-electron chi connectivity index (χ3n) is 5.25. The topological polar surface area (TPSA) is 25.4 Å². The molecule has 2 unspecified atom stereocenters. The molecule has 3 nitrogen and oxygen atoms in total. The van der Waals surface area contributed by atoms with Crippen LogP contribution in [0.4, 0.5) is 0 Å². The summed E-state index contributed by atoms with van der Waals surface area (Å²) in [5, 5.41) is 2.29. The van der Waals surface area contributed by atoms with Crippen molar-refractivity contribution >= 4 is 16.3 Å². The molecule has 0 radical (unpaired) electrons. The van der Waals surface area contributed by atoms with Crippen molar-refractivity contribution in [3.63, 3.8) is 0 Å². The fourth-order valence-corrected chi connectivity index (χ4v) is 4.24. The van der Waals surface area contributed by atoms with E-state index >= 15 is 0 Å². The second kappa shape index (κ2) is 4.55. The largest absolute Gasteiger partial charge is 0.503 e. The lowest BCUT2D eigenvalue weighted by Gasteiger charge is -2.32. The fraction of sp³-hybridized carbons (Fsp3) is 0.444. The van der Waals surface area contributed by atoms with Gasteiger partial charge >= 0.3 is 5.69 Å². The number of benzene rings is 1. The van der Waals surface area contributed by atoms with Crippen LogP contribution in [-0.4, -0.2) is 4.40 Å². The Balaban J connectivity index is 2.00. The summed E-state index contributed by atoms with van der Waals surface area (Å²) < 4.78 is 3.81. The maximum Gasteiger partial charge on any atom is 0.503 e. The quantitative estimate of drug-likeness (QED) is 0.629. The number of hydrogen-bond acceptors (Lipinski definition) is 1. The molecular weight excluding hydrogens is 260 g/mol. The molecule has 2 heterocycles. The van der Waals surface area contributed by atoms with Gasteiger partial charge in [0.15, 0.2) is 5.52 Å². The van der Waals surface area contributed by atoms with Crippen molar-refractivity contribution in [1.82, 2.24) is 4.40 Å². The Labute approximate surface area is 124 Å². The van der Waals surface area contributed by atoms with Gasteiger partial charge in [-0.1, -0.05) is 32.4 Å². The molecule has 1 aliphatic rings. The van der Waals surface area contributed by atoms with Crippen LogP contribution in [0.1, 0.15) is 39.2 Å². The lowest BCUT2D eigenvalue weighted by molar-refractivity contribution is -0.753. The van der Waals surface area contributed by atoms with Gasteiger partial charge in [-0.2, -0.15) is 13.8 Å². The van der Waals surface area contributed by atoms with Crippen LogP contribution in [0.3, 0.4) is 0 Å². The smallest absolute Gasteiger partial charge is 0.196 e. The van der Waals surface area contributed by atoms with Crippen LogP contribution in [0, 0.1) is 11.8 Å². The van der Waals surface area contributed by atoms with Gasteiger partial charge in [0.25, 0.3) is 0 Å². The molecular formula is C18H21N2O+. The van der Waals surface area contributed by atoms with E-state index in [0.717, 1.165) is 16.3 Å². The summed E-state index contributed by atoms with van der Waals surface area (Å²) in [6, 6.07) is 8.59. The van der Waals surface area contributed by atoms with E-state index in [4.69, 9.17) is 0 Å². The molecule has 1 aliphatic carbocycles. The van der Waals surface area contributed by atoms with Gasteiger partial charge in [-0.3, -0.25) is 0 Å². The zero-order valence-electron chi connectivity index (χ0n) is 12.6. The summed E-state index contributed by atoms with van der Waals surface area (Å²) in [7, 11) is 0. The molecule has 4 rings (SSSR count). The summed E-state index contributed by atoms with van der Waals surface area (Å²) >= 11 is 0. The Hall–Kier alpha value is -1.90. The average Bonchev–Trinajstić information content (AvgIpc) is 2.89. The van der Waals surface area contributed by atoms with E-state index < -0.39 is 0 Å². The molecule has 0 amide bonds. The molecule has 0 N–H and O–H groups in total. The van der Waals surface area contributed by atoms with Gasteiger partial charge in [0.2, 0.25) is 0 Å². The van der Waals surface area contributed by atoms with E-state index in [1.165, 1.54) is 19.3 Å². The minimum atomic E-state index is 0.106. The van der Waals surface area contributed by atoms with E-state index in [9.17, 15) is 4.79 Å². The zero-order valence-corrected chi connectivity index (χ0v) is 12.6. The van der Waals surface area contributed by atoms with E-state index in [0.29, 0.717) is 17.9 Å². The third-order valence-corrected chi connectivity index (χ3v) is 5.25. The first kappa shape index (κ1) is 12.8. The van der Waals surface area contributed by atoms with Crippen LogP contribution in [0.15, 0.2) is 41.5 Å². The van der Waals surface area contributed by atoms with Crippen LogP contribution < -0.4 is 10.3 Å². The van der Waals surface area contributed by atoms with Crippen molar-refractivity contribution in [2.75, 3.05) is 0 Å². The first-order valence-corrected chi connectivity index (χ1v) is 7.94. The van der Waals surface area contributed by atoms with Gasteiger partial charge < -0.3 is 0 Å². The Morgan fingerprint density at radius 2 is 1.81 bits per heavy atom. The predicted octanol–water partition coefficient (Wildman–Crippen LogP) is 3.18. The third kappa shape index (κ3) is 1.80. The van der Waals surface area contributed by atoms with Gasteiger partial charge in [-0.15, -0.1) is 0 Å². The molecule has 1 saturated carbocycles. The van der Waals surface area contributed by atoms with Gasteiger partial charge in [0.1, 0.15) is 18.4 Å². The fourth-order valence-electron chi connectivity index (χ4n) is 4.24. The molecule has 1 aromatic carbocycles. The minimum absolute atomic E-state index is 0.106. The Morgan fingerprint density at radius 1 is 1.10 bits per heavy atom. The highest BCUT2D eigenvalue weighted by Gasteiger charge is 2.35. The molecule has 1 fully saturated rings. The summed E-state index contributed by atoms with van der Waals surface area (Å²) in [6.07, 6.45) is 7.71. The number of nitrogens with zero attached hydrogens (tertiary/aromatic N) is 2. The Morgan fingerprint density at radius 3 is 2.57 bits per heavy atom. The first-order chi connectivity index (χ1) is 10.2. The van der Waals surface area contributed by atoms with Crippen molar-refractivity contribution in [3.05, 3.63) is 47.1 Å². The monoisotopic (exact) mass is 281 g/mol. The molecule has 0 saturated heterocycles.